The molecule has 0 unspecified atom stereocenters. The molecule has 0 fully saturated rings. The molecule has 0 saturated heterocycles. The Bertz CT molecular complexity index is 1320. The first kappa shape index (κ1) is 21.2. The summed E-state index contributed by atoms with van der Waals surface area (Å²) in [6, 6.07) is 10.6. The number of hydrogen-bond donors (Lipinski definition) is 2. The summed E-state index contributed by atoms with van der Waals surface area (Å²) in [5.74, 6) is 0.868. The number of anilines is 1. The standard InChI is InChI=1S/C20H17ClN6O2S2/c1-10-8-13(18-26-27-11(2)24-25-20(27)31-18)4-6-15(10)22-19(30)23-17(28)12-5-7-16(29-3)14(21)9-12/h4-9H,1-3H3,(H2,22,23,28,30). The van der Waals surface area contributed by atoms with E-state index in [2.05, 4.69) is 25.9 Å². The Hall–Kier alpha value is -3.08. The minimum absolute atomic E-state index is 0.183. The van der Waals surface area contributed by atoms with Crippen molar-refractivity contribution in [3.8, 4) is 16.3 Å². The highest BCUT2D eigenvalue weighted by atomic mass is 35.5. The molecule has 0 bridgehead atoms. The first-order chi connectivity index (χ1) is 14.9. The fraction of sp³-hybridized carbons (Fsp3) is 0.150. The normalized spacial score (nSPS) is 10.8. The van der Waals surface area contributed by atoms with Crippen molar-refractivity contribution in [2.24, 2.45) is 0 Å². The van der Waals surface area contributed by atoms with Crippen LogP contribution in [0.1, 0.15) is 21.7 Å². The van der Waals surface area contributed by atoms with E-state index in [1.165, 1.54) is 24.5 Å². The van der Waals surface area contributed by atoms with E-state index in [-0.39, 0.29) is 11.0 Å². The molecule has 2 aromatic carbocycles. The minimum Gasteiger partial charge on any atom is -0.495 e. The summed E-state index contributed by atoms with van der Waals surface area (Å²) >= 11 is 12.8. The molecule has 0 saturated carbocycles. The van der Waals surface area contributed by atoms with E-state index in [4.69, 9.17) is 28.6 Å². The first-order valence-electron chi connectivity index (χ1n) is 9.11. The quantitative estimate of drug-likeness (QED) is 0.428. The van der Waals surface area contributed by atoms with Crippen molar-refractivity contribution in [1.29, 1.82) is 0 Å². The van der Waals surface area contributed by atoms with Crippen LogP contribution in [-0.4, -0.2) is 37.9 Å². The molecule has 11 heteroatoms. The lowest BCUT2D eigenvalue weighted by molar-refractivity contribution is 0.0977. The lowest BCUT2D eigenvalue weighted by atomic mass is 10.1. The second kappa shape index (κ2) is 8.58. The third-order valence-electron chi connectivity index (χ3n) is 4.51. The summed E-state index contributed by atoms with van der Waals surface area (Å²) in [6.45, 7) is 3.81. The largest absolute Gasteiger partial charge is 0.495 e. The molecule has 0 radical (unpaired) electrons. The molecular weight excluding hydrogens is 456 g/mol. The molecule has 0 spiro atoms. The molecule has 1 amide bonds. The molecule has 2 heterocycles. The van der Waals surface area contributed by atoms with Gasteiger partial charge in [-0.25, -0.2) is 0 Å². The number of aryl methyl sites for hydroxylation is 2. The monoisotopic (exact) mass is 472 g/mol. The number of fused-ring (bicyclic) bond motifs is 1. The number of hydrogen-bond acceptors (Lipinski definition) is 7. The highest BCUT2D eigenvalue weighted by Crippen LogP contribution is 2.29. The van der Waals surface area contributed by atoms with E-state index >= 15 is 0 Å². The van der Waals surface area contributed by atoms with Crippen LogP contribution >= 0.6 is 35.2 Å². The smallest absolute Gasteiger partial charge is 0.257 e. The van der Waals surface area contributed by atoms with Crippen molar-refractivity contribution in [3.05, 3.63) is 58.4 Å². The number of amides is 1. The number of rotatable bonds is 4. The first-order valence-corrected chi connectivity index (χ1v) is 10.7. The number of halogens is 1. The third-order valence-corrected chi connectivity index (χ3v) is 5.96. The van der Waals surface area contributed by atoms with Gasteiger partial charge in [-0.3, -0.25) is 10.1 Å². The van der Waals surface area contributed by atoms with Crippen molar-refractivity contribution in [3.63, 3.8) is 0 Å². The van der Waals surface area contributed by atoms with E-state index in [0.717, 1.165) is 32.6 Å². The maximum absolute atomic E-state index is 12.5. The predicted octanol–water partition coefficient (Wildman–Crippen LogP) is 4.26. The van der Waals surface area contributed by atoms with Crippen LogP contribution in [-0.2, 0) is 0 Å². The number of carbonyl (C=O) groups is 1. The highest BCUT2D eigenvalue weighted by molar-refractivity contribution is 7.80. The van der Waals surface area contributed by atoms with E-state index in [0.29, 0.717) is 16.3 Å². The molecule has 2 N–H and O–H groups in total. The lowest BCUT2D eigenvalue weighted by Crippen LogP contribution is -2.34. The zero-order chi connectivity index (χ0) is 22.1. The summed E-state index contributed by atoms with van der Waals surface area (Å²) in [7, 11) is 1.51. The topological polar surface area (TPSA) is 93.4 Å². The molecule has 31 heavy (non-hydrogen) atoms. The van der Waals surface area contributed by atoms with E-state index in [1.54, 1.807) is 16.6 Å². The maximum atomic E-state index is 12.5. The molecule has 4 rings (SSSR count). The molecule has 0 aliphatic carbocycles. The average Bonchev–Trinajstić information content (AvgIpc) is 3.31. The van der Waals surface area contributed by atoms with Crippen molar-refractivity contribution < 1.29 is 9.53 Å². The zero-order valence-electron chi connectivity index (χ0n) is 16.8. The van der Waals surface area contributed by atoms with E-state index in [1.807, 2.05) is 32.0 Å². The van der Waals surface area contributed by atoms with Crippen molar-refractivity contribution in [1.82, 2.24) is 25.1 Å². The van der Waals surface area contributed by atoms with Gasteiger partial charge in [0.1, 0.15) is 10.8 Å². The number of carbonyl (C=O) groups excluding carboxylic acids is 1. The molecule has 4 aromatic rings. The Morgan fingerprint density at radius 1 is 1.19 bits per heavy atom. The SMILES string of the molecule is COc1ccc(C(=O)NC(=S)Nc2ccc(-c3nn4c(C)nnc4s3)cc2C)cc1Cl. The number of methoxy groups -OCH3 is 1. The third kappa shape index (κ3) is 4.36. The Morgan fingerprint density at radius 2 is 2.00 bits per heavy atom. The maximum Gasteiger partial charge on any atom is 0.257 e. The summed E-state index contributed by atoms with van der Waals surface area (Å²) in [4.78, 5) is 13.2. The van der Waals surface area contributed by atoms with Crippen molar-refractivity contribution in [2.75, 3.05) is 12.4 Å². The van der Waals surface area contributed by atoms with Crippen LogP contribution < -0.4 is 15.4 Å². The van der Waals surface area contributed by atoms with Gasteiger partial charge < -0.3 is 10.1 Å². The number of benzene rings is 2. The lowest BCUT2D eigenvalue weighted by Gasteiger charge is -2.13. The number of thiocarbonyl (C=S) groups is 1. The van der Waals surface area contributed by atoms with Crippen LogP contribution in [0.25, 0.3) is 15.5 Å². The van der Waals surface area contributed by atoms with E-state index < -0.39 is 0 Å². The number of nitrogens with zero attached hydrogens (tertiary/aromatic N) is 4. The summed E-state index contributed by atoms with van der Waals surface area (Å²) in [6.07, 6.45) is 0. The number of ether oxygens (including phenoxy) is 1. The van der Waals surface area contributed by atoms with Crippen LogP contribution in [0, 0.1) is 13.8 Å². The Morgan fingerprint density at radius 3 is 2.68 bits per heavy atom. The van der Waals surface area contributed by atoms with Crippen LogP contribution in [0.15, 0.2) is 36.4 Å². The molecule has 158 valence electrons. The van der Waals surface area contributed by atoms with Crippen LogP contribution in [0.3, 0.4) is 0 Å². The molecule has 8 nitrogen and oxygen atoms in total. The second-order valence-corrected chi connectivity index (χ2v) is 8.41. The zero-order valence-corrected chi connectivity index (χ0v) is 19.2. The number of nitrogens with one attached hydrogen (secondary N) is 2. The molecule has 0 aliphatic rings. The van der Waals surface area contributed by atoms with Gasteiger partial charge >= 0.3 is 0 Å². The van der Waals surface area contributed by atoms with Gasteiger partial charge in [0.25, 0.3) is 5.91 Å². The van der Waals surface area contributed by atoms with Gasteiger partial charge in [0, 0.05) is 16.8 Å². The van der Waals surface area contributed by atoms with Gasteiger partial charge in [-0.05, 0) is 68.0 Å². The van der Waals surface area contributed by atoms with Crippen molar-refractivity contribution in [2.45, 2.75) is 13.8 Å². The van der Waals surface area contributed by atoms with Crippen molar-refractivity contribution >= 4 is 56.8 Å². The average molecular weight is 473 g/mol. The molecular formula is C20H17ClN6O2S2. The van der Waals surface area contributed by atoms with Crippen LogP contribution in [0.4, 0.5) is 5.69 Å². The van der Waals surface area contributed by atoms with Gasteiger partial charge in [-0.2, -0.15) is 9.61 Å². The van der Waals surface area contributed by atoms with Gasteiger partial charge in [0.05, 0.1) is 12.1 Å². The Labute approximate surface area is 192 Å². The summed E-state index contributed by atoms with van der Waals surface area (Å²) in [5, 5.41) is 19.7. The number of aromatic nitrogens is 4. The molecule has 0 atom stereocenters. The molecule has 0 aliphatic heterocycles. The second-order valence-electron chi connectivity index (χ2n) is 6.64. The minimum atomic E-state index is -0.369. The summed E-state index contributed by atoms with van der Waals surface area (Å²) in [5.41, 5.74) is 3.06. The van der Waals surface area contributed by atoms with Gasteiger partial charge in [0.2, 0.25) is 4.96 Å². The van der Waals surface area contributed by atoms with Gasteiger partial charge in [-0.15, -0.1) is 10.2 Å². The Kier molecular flexibility index (Phi) is 5.86. The highest BCUT2D eigenvalue weighted by Gasteiger charge is 2.14. The molecule has 2 aromatic heterocycles. The van der Waals surface area contributed by atoms with Gasteiger partial charge in [-0.1, -0.05) is 22.9 Å². The Balaban J connectivity index is 1.45. The van der Waals surface area contributed by atoms with E-state index in [9.17, 15) is 4.79 Å². The van der Waals surface area contributed by atoms with Crippen LogP contribution in [0.2, 0.25) is 5.02 Å². The fourth-order valence-corrected chi connectivity index (χ4v) is 4.25. The van der Waals surface area contributed by atoms with Crippen LogP contribution in [0.5, 0.6) is 5.75 Å². The van der Waals surface area contributed by atoms with Gasteiger partial charge in [0.15, 0.2) is 10.9 Å². The predicted molar refractivity (Wildman–Crippen MR) is 125 cm³/mol. The summed E-state index contributed by atoms with van der Waals surface area (Å²) < 4.78 is 6.82. The fourth-order valence-electron chi connectivity index (χ4n) is 2.90.